The molecule has 3 aromatic rings. The molecule has 9 heteroatoms. The lowest BCUT2D eigenvalue weighted by Crippen LogP contribution is -2.38. The zero-order valence-corrected chi connectivity index (χ0v) is 24.4. The SMILES string of the molecule is COCCOC(=O)C1=C(C)N=C2SC=C(CC(=O)NCc3ccccc3)N2C1c1cccc(OCc2ccccc2)c1. The van der Waals surface area contributed by atoms with Gasteiger partial charge in [0.25, 0.3) is 0 Å². The molecule has 0 fully saturated rings. The van der Waals surface area contributed by atoms with E-state index in [0.717, 1.165) is 22.4 Å². The number of rotatable bonds is 12. The number of hydrogen-bond acceptors (Lipinski definition) is 8. The van der Waals surface area contributed by atoms with Crippen LogP contribution in [0.1, 0.15) is 36.1 Å². The van der Waals surface area contributed by atoms with Crippen molar-refractivity contribution in [1.82, 2.24) is 10.2 Å². The molecule has 1 amide bonds. The number of esters is 1. The Bertz CT molecular complexity index is 1500. The molecule has 1 atom stereocenters. The number of carbonyl (C=O) groups is 2. The van der Waals surface area contributed by atoms with Gasteiger partial charge < -0.3 is 24.4 Å². The van der Waals surface area contributed by atoms with Gasteiger partial charge in [-0.15, -0.1) is 0 Å². The first-order valence-electron chi connectivity index (χ1n) is 13.7. The van der Waals surface area contributed by atoms with Crippen LogP contribution in [0.2, 0.25) is 0 Å². The molecule has 42 heavy (non-hydrogen) atoms. The number of amides is 1. The van der Waals surface area contributed by atoms with E-state index in [1.807, 2.05) is 102 Å². The Hall–Kier alpha value is -4.34. The molecule has 0 saturated heterocycles. The quantitative estimate of drug-likeness (QED) is 0.215. The molecule has 0 radical (unpaired) electrons. The Labute approximate surface area is 250 Å². The van der Waals surface area contributed by atoms with Crippen molar-refractivity contribution < 1.29 is 23.8 Å². The van der Waals surface area contributed by atoms with E-state index in [-0.39, 0.29) is 25.5 Å². The van der Waals surface area contributed by atoms with Crippen molar-refractivity contribution in [3.63, 3.8) is 0 Å². The maximum atomic E-state index is 13.5. The van der Waals surface area contributed by atoms with Gasteiger partial charge in [-0.2, -0.15) is 0 Å². The molecule has 0 spiro atoms. The highest BCUT2D eigenvalue weighted by Crippen LogP contribution is 2.45. The highest BCUT2D eigenvalue weighted by molar-refractivity contribution is 8.16. The number of carbonyl (C=O) groups excluding carboxylic acids is 2. The first-order chi connectivity index (χ1) is 20.5. The lowest BCUT2D eigenvalue weighted by atomic mass is 9.93. The number of aliphatic imine (C=N–C) groups is 1. The third-order valence-electron chi connectivity index (χ3n) is 6.84. The van der Waals surface area contributed by atoms with Crippen molar-refractivity contribution in [2.24, 2.45) is 4.99 Å². The van der Waals surface area contributed by atoms with Crippen LogP contribution in [0.5, 0.6) is 5.75 Å². The normalized spacial score (nSPS) is 16.0. The van der Waals surface area contributed by atoms with Gasteiger partial charge in [-0.25, -0.2) is 9.79 Å². The van der Waals surface area contributed by atoms with E-state index in [4.69, 9.17) is 19.2 Å². The first kappa shape index (κ1) is 29.2. The van der Waals surface area contributed by atoms with Crippen LogP contribution in [0.25, 0.3) is 0 Å². The Morgan fingerprint density at radius 1 is 0.952 bits per heavy atom. The fraction of sp³-hybridized carbons (Fsp3) is 0.242. The van der Waals surface area contributed by atoms with Gasteiger partial charge in [0.2, 0.25) is 5.91 Å². The second kappa shape index (κ2) is 14.0. The van der Waals surface area contributed by atoms with Gasteiger partial charge in [-0.3, -0.25) is 4.79 Å². The molecular formula is C33H33N3O5S. The zero-order valence-electron chi connectivity index (χ0n) is 23.6. The Morgan fingerprint density at radius 2 is 1.69 bits per heavy atom. The standard InChI is InChI=1S/C33H33N3O5S/c1-23-30(32(38)40-17-16-39-2)31(26-14-9-15-28(18-26)41-21-25-12-7-4-8-13-25)36-27(22-42-33(36)35-23)19-29(37)34-20-24-10-5-3-6-11-24/h3-15,18,22,31H,16-17,19-21H2,1-2H3,(H,34,37). The third kappa shape index (κ3) is 7.10. The number of benzene rings is 3. The number of hydrogen-bond donors (Lipinski definition) is 1. The monoisotopic (exact) mass is 583 g/mol. The van der Waals surface area contributed by atoms with E-state index in [2.05, 4.69) is 5.32 Å². The topological polar surface area (TPSA) is 89.5 Å². The maximum Gasteiger partial charge on any atom is 0.338 e. The van der Waals surface area contributed by atoms with Gasteiger partial charge in [0.05, 0.1) is 30.3 Å². The predicted molar refractivity (Wildman–Crippen MR) is 163 cm³/mol. The summed E-state index contributed by atoms with van der Waals surface area (Å²) in [5, 5.41) is 5.63. The van der Waals surface area contributed by atoms with Crippen LogP contribution in [0, 0.1) is 0 Å². The average molecular weight is 584 g/mol. The molecule has 1 N–H and O–H groups in total. The molecule has 2 aliphatic rings. The number of methoxy groups -OCH3 is 1. The van der Waals surface area contributed by atoms with Crippen molar-refractivity contribution in [2.45, 2.75) is 32.5 Å². The Kier molecular flexibility index (Phi) is 9.74. The summed E-state index contributed by atoms with van der Waals surface area (Å²) in [6.45, 7) is 3.06. The first-order valence-corrected chi connectivity index (χ1v) is 14.6. The summed E-state index contributed by atoms with van der Waals surface area (Å²) in [5.74, 6) is 0.0713. The van der Waals surface area contributed by atoms with E-state index >= 15 is 0 Å². The number of nitrogens with zero attached hydrogens (tertiary/aromatic N) is 2. The minimum absolute atomic E-state index is 0.120. The van der Waals surface area contributed by atoms with Crippen LogP contribution in [-0.4, -0.2) is 42.3 Å². The van der Waals surface area contributed by atoms with Crippen molar-refractivity contribution in [1.29, 1.82) is 0 Å². The fourth-order valence-electron chi connectivity index (χ4n) is 4.78. The van der Waals surface area contributed by atoms with Crippen molar-refractivity contribution in [3.05, 3.63) is 124 Å². The van der Waals surface area contributed by atoms with Crippen LogP contribution in [-0.2, 0) is 32.2 Å². The van der Waals surface area contributed by atoms with Gasteiger partial charge in [0.1, 0.15) is 19.0 Å². The molecule has 0 bridgehead atoms. The lowest BCUT2D eigenvalue weighted by molar-refractivity contribution is -0.141. The van der Waals surface area contributed by atoms with E-state index in [1.54, 1.807) is 7.11 Å². The molecule has 0 aromatic heterocycles. The van der Waals surface area contributed by atoms with Crippen molar-refractivity contribution >= 4 is 28.8 Å². The van der Waals surface area contributed by atoms with Crippen LogP contribution >= 0.6 is 11.8 Å². The predicted octanol–water partition coefficient (Wildman–Crippen LogP) is 5.74. The maximum absolute atomic E-state index is 13.5. The Morgan fingerprint density at radius 3 is 2.43 bits per heavy atom. The molecule has 0 saturated carbocycles. The highest BCUT2D eigenvalue weighted by atomic mass is 32.2. The molecule has 1 unspecified atom stereocenters. The van der Waals surface area contributed by atoms with Crippen molar-refractivity contribution in [2.75, 3.05) is 20.3 Å². The molecule has 2 heterocycles. The van der Waals surface area contributed by atoms with Crippen LogP contribution < -0.4 is 10.1 Å². The minimum Gasteiger partial charge on any atom is -0.489 e. The highest BCUT2D eigenvalue weighted by Gasteiger charge is 2.41. The largest absolute Gasteiger partial charge is 0.489 e. The van der Waals surface area contributed by atoms with E-state index in [9.17, 15) is 9.59 Å². The average Bonchev–Trinajstić information content (AvgIpc) is 3.41. The lowest BCUT2D eigenvalue weighted by Gasteiger charge is -2.36. The van der Waals surface area contributed by atoms with Crippen LogP contribution in [0.4, 0.5) is 0 Å². The molecule has 216 valence electrons. The summed E-state index contributed by atoms with van der Waals surface area (Å²) in [6.07, 6.45) is 0.130. The molecule has 5 rings (SSSR count). The second-order valence-electron chi connectivity index (χ2n) is 9.81. The minimum atomic E-state index is -0.559. The summed E-state index contributed by atoms with van der Waals surface area (Å²) >= 11 is 1.44. The summed E-state index contributed by atoms with van der Waals surface area (Å²) < 4.78 is 16.8. The summed E-state index contributed by atoms with van der Waals surface area (Å²) in [7, 11) is 1.56. The molecule has 2 aliphatic heterocycles. The van der Waals surface area contributed by atoms with Crippen molar-refractivity contribution in [3.8, 4) is 5.75 Å². The number of ether oxygens (including phenoxy) is 3. The summed E-state index contributed by atoms with van der Waals surface area (Å²) in [4.78, 5) is 33.2. The van der Waals surface area contributed by atoms with E-state index in [0.29, 0.717) is 35.3 Å². The third-order valence-corrected chi connectivity index (χ3v) is 7.73. The Balaban J connectivity index is 1.41. The van der Waals surface area contributed by atoms with E-state index < -0.39 is 12.0 Å². The summed E-state index contributed by atoms with van der Waals surface area (Å²) in [6, 6.07) is 26.8. The molecular weight excluding hydrogens is 550 g/mol. The van der Waals surface area contributed by atoms with Gasteiger partial charge in [0.15, 0.2) is 5.17 Å². The molecule has 3 aromatic carbocycles. The number of fused-ring (bicyclic) bond motifs is 1. The number of thioether (sulfide) groups is 1. The second-order valence-corrected chi connectivity index (χ2v) is 10.6. The molecule has 0 aliphatic carbocycles. The van der Waals surface area contributed by atoms with Crippen LogP contribution in [0.15, 0.2) is 112 Å². The number of amidine groups is 1. The zero-order chi connectivity index (χ0) is 29.3. The summed E-state index contributed by atoms with van der Waals surface area (Å²) in [5.41, 5.74) is 4.62. The van der Waals surface area contributed by atoms with Gasteiger partial charge >= 0.3 is 5.97 Å². The van der Waals surface area contributed by atoms with Gasteiger partial charge in [-0.1, -0.05) is 84.6 Å². The fourth-order valence-corrected chi connectivity index (χ4v) is 5.74. The molecule has 8 nitrogen and oxygen atoms in total. The number of allylic oxidation sites excluding steroid dienone is 1. The van der Waals surface area contributed by atoms with Crippen LogP contribution in [0.3, 0.4) is 0 Å². The van der Waals surface area contributed by atoms with E-state index in [1.165, 1.54) is 11.8 Å². The van der Waals surface area contributed by atoms with Gasteiger partial charge in [0, 0.05) is 19.4 Å². The van der Waals surface area contributed by atoms with Gasteiger partial charge in [-0.05, 0) is 41.2 Å². The number of nitrogens with one attached hydrogen (secondary N) is 1. The smallest absolute Gasteiger partial charge is 0.338 e.